The van der Waals surface area contributed by atoms with Crippen LogP contribution < -0.4 is 40.0 Å². The van der Waals surface area contributed by atoms with E-state index in [4.69, 9.17) is 0 Å². The number of carbonyl (C=O) groups is 2. The minimum Gasteiger partial charge on any atom is -0.545 e. The Labute approximate surface area is 104 Å². The summed E-state index contributed by atoms with van der Waals surface area (Å²) in [6, 6.07) is 5.76. The number of hydrogen-bond acceptors (Lipinski definition) is 3. The van der Waals surface area contributed by atoms with Gasteiger partial charge in [-0.15, -0.1) is 0 Å². The Kier molecular flexibility index (Phi) is 5.45. The standard InChI is InChI=1S/C9H9NO3.Na/c1-6(11)10-8-4-2-7(3-5-8)9(12)13;/h2-5H,1H3,(H,10,11)(H,12,13);/q;+1/p-1. The number of rotatable bonds is 2. The molecule has 0 saturated carbocycles. The minimum atomic E-state index is -1.23. The van der Waals surface area contributed by atoms with Crippen molar-refractivity contribution in [1.29, 1.82) is 0 Å². The number of carbonyl (C=O) groups excluding carboxylic acids is 2. The van der Waals surface area contributed by atoms with Crippen LogP contribution in [0.25, 0.3) is 0 Å². The number of carboxylic acids is 1. The number of aromatic carboxylic acids is 1. The second kappa shape index (κ2) is 5.80. The summed E-state index contributed by atoms with van der Waals surface area (Å²) < 4.78 is 0. The number of anilines is 1. The molecule has 0 unspecified atom stereocenters. The average Bonchev–Trinajstić information content (AvgIpc) is 2.04. The van der Waals surface area contributed by atoms with Gasteiger partial charge in [0.15, 0.2) is 0 Å². The van der Waals surface area contributed by atoms with Crippen molar-refractivity contribution in [3.05, 3.63) is 29.8 Å². The molecule has 0 bridgehead atoms. The van der Waals surface area contributed by atoms with E-state index < -0.39 is 5.97 Å². The van der Waals surface area contributed by atoms with Crippen LogP contribution in [-0.4, -0.2) is 11.9 Å². The van der Waals surface area contributed by atoms with Crippen LogP contribution >= 0.6 is 0 Å². The predicted octanol–water partition coefficient (Wildman–Crippen LogP) is -2.99. The van der Waals surface area contributed by atoms with Gasteiger partial charge in [0.05, 0.1) is 5.97 Å². The summed E-state index contributed by atoms with van der Waals surface area (Å²) in [6.07, 6.45) is 0. The largest absolute Gasteiger partial charge is 1.00 e. The van der Waals surface area contributed by atoms with Gasteiger partial charge in [-0.3, -0.25) is 4.79 Å². The molecule has 0 aromatic heterocycles. The third kappa shape index (κ3) is 3.91. The molecule has 1 aromatic rings. The Balaban J connectivity index is 0.00000169. The number of hydrogen-bond donors (Lipinski definition) is 1. The fourth-order valence-corrected chi connectivity index (χ4v) is 0.893. The molecule has 0 saturated heterocycles. The molecule has 1 amide bonds. The number of amides is 1. The first kappa shape index (κ1) is 13.2. The number of nitrogens with one attached hydrogen (secondary N) is 1. The molecule has 1 aromatic carbocycles. The van der Waals surface area contributed by atoms with Gasteiger partial charge in [-0.05, 0) is 17.7 Å². The van der Waals surface area contributed by atoms with Gasteiger partial charge in [0, 0.05) is 12.6 Å². The van der Waals surface area contributed by atoms with Crippen LogP contribution in [0.1, 0.15) is 17.3 Å². The summed E-state index contributed by atoms with van der Waals surface area (Å²) in [4.78, 5) is 20.9. The molecule has 0 atom stereocenters. The van der Waals surface area contributed by atoms with Gasteiger partial charge in [0.2, 0.25) is 5.91 Å². The Morgan fingerprint density at radius 3 is 2.07 bits per heavy atom. The third-order valence-corrected chi connectivity index (χ3v) is 1.44. The SMILES string of the molecule is CC(=O)Nc1ccc(C(=O)[O-])cc1.[Na+]. The first-order valence-corrected chi connectivity index (χ1v) is 3.68. The maximum absolute atomic E-state index is 10.6. The monoisotopic (exact) mass is 201 g/mol. The van der Waals surface area contributed by atoms with E-state index in [9.17, 15) is 14.7 Å². The van der Waals surface area contributed by atoms with Crippen molar-refractivity contribution in [3.63, 3.8) is 0 Å². The molecule has 1 rings (SSSR count). The summed E-state index contributed by atoms with van der Waals surface area (Å²) in [7, 11) is 0. The van der Waals surface area contributed by atoms with Crippen molar-refractivity contribution >= 4 is 17.6 Å². The summed E-state index contributed by atoms with van der Waals surface area (Å²) >= 11 is 0. The van der Waals surface area contributed by atoms with Crippen molar-refractivity contribution in [2.45, 2.75) is 6.92 Å². The third-order valence-electron chi connectivity index (χ3n) is 1.44. The maximum Gasteiger partial charge on any atom is 1.00 e. The maximum atomic E-state index is 10.6. The Hall–Kier alpha value is -0.840. The van der Waals surface area contributed by atoms with Gasteiger partial charge < -0.3 is 15.2 Å². The van der Waals surface area contributed by atoms with Gasteiger partial charge in [0.25, 0.3) is 0 Å². The minimum absolute atomic E-state index is 0. The van der Waals surface area contributed by atoms with Gasteiger partial charge in [-0.25, -0.2) is 0 Å². The molecule has 0 aliphatic carbocycles. The Bertz CT molecular complexity index is 334. The van der Waals surface area contributed by atoms with Crippen molar-refractivity contribution < 1.29 is 44.3 Å². The van der Waals surface area contributed by atoms with E-state index in [0.29, 0.717) is 5.69 Å². The zero-order valence-corrected chi connectivity index (χ0v) is 10.0. The second-order valence-corrected chi connectivity index (χ2v) is 2.55. The summed E-state index contributed by atoms with van der Waals surface area (Å²) in [5.41, 5.74) is 0.659. The van der Waals surface area contributed by atoms with Crippen molar-refractivity contribution in [1.82, 2.24) is 0 Å². The smallest absolute Gasteiger partial charge is 0.545 e. The quantitative estimate of drug-likeness (QED) is 0.519. The van der Waals surface area contributed by atoms with Crippen LogP contribution in [0.4, 0.5) is 5.69 Å². The van der Waals surface area contributed by atoms with Gasteiger partial charge in [0.1, 0.15) is 0 Å². The van der Waals surface area contributed by atoms with Crippen LogP contribution in [0.15, 0.2) is 24.3 Å². The average molecular weight is 201 g/mol. The number of benzene rings is 1. The van der Waals surface area contributed by atoms with E-state index in [1.165, 1.54) is 31.2 Å². The topological polar surface area (TPSA) is 69.2 Å². The fourth-order valence-electron chi connectivity index (χ4n) is 0.893. The second-order valence-electron chi connectivity index (χ2n) is 2.55. The fraction of sp³-hybridized carbons (Fsp3) is 0.111. The molecule has 1 N–H and O–H groups in total. The van der Waals surface area contributed by atoms with Crippen molar-refractivity contribution in [3.8, 4) is 0 Å². The predicted molar refractivity (Wildman–Crippen MR) is 45.1 cm³/mol. The molecular weight excluding hydrogens is 193 g/mol. The molecule has 0 fully saturated rings. The number of carboxylic acid groups (broad SMARTS) is 1. The molecular formula is C9H8NNaO3. The van der Waals surface area contributed by atoms with Crippen LogP contribution in [0.3, 0.4) is 0 Å². The van der Waals surface area contributed by atoms with E-state index in [2.05, 4.69) is 5.32 Å². The first-order chi connectivity index (χ1) is 6.09. The molecule has 14 heavy (non-hydrogen) atoms. The summed E-state index contributed by atoms with van der Waals surface area (Å²) in [5.74, 6) is -1.42. The van der Waals surface area contributed by atoms with Gasteiger partial charge in [-0.1, -0.05) is 12.1 Å². The first-order valence-electron chi connectivity index (χ1n) is 3.68. The molecule has 4 nitrogen and oxygen atoms in total. The molecule has 0 heterocycles. The van der Waals surface area contributed by atoms with Crippen LogP contribution in [-0.2, 0) is 4.79 Å². The zero-order chi connectivity index (χ0) is 9.84. The van der Waals surface area contributed by atoms with Gasteiger partial charge >= 0.3 is 29.6 Å². The van der Waals surface area contributed by atoms with Crippen LogP contribution in [0.5, 0.6) is 0 Å². The zero-order valence-electron chi connectivity index (χ0n) is 8.03. The van der Waals surface area contributed by atoms with Crippen molar-refractivity contribution in [2.75, 3.05) is 5.32 Å². The normalized spacial score (nSPS) is 8.64. The van der Waals surface area contributed by atoms with E-state index in [1.54, 1.807) is 0 Å². The molecule has 68 valence electrons. The van der Waals surface area contributed by atoms with Crippen molar-refractivity contribution in [2.24, 2.45) is 0 Å². The van der Waals surface area contributed by atoms with Gasteiger partial charge in [-0.2, -0.15) is 0 Å². The van der Waals surface area contributed by atoms with E-state index in [0.717, 1.165) is 0 Å². The van der Waals surface area contributed by atoms with E-state index in [-0.39, 0.29) is 41.0 Å². The summed E-state index contributed by atoms with van der Waals surface area (Å²) in [6.45, 7) is 1.38. The Morgan fingerprint density at radius 2 is 1.71 bits per heavy atom. The molecule has 0 radical (unpaired) electrons. The van der Waals surface area contributed by atoms with E-state index in [1.807, 2.05) is 0 Å². The Morgan fingerprint density at radius 1 is 1.21 bits per heavy atom. The van der Waals surface area contributed by atoms with Crippen LogP contribution in [0, 0.1) is 0 Å². The summed E-state index contributed by atoms with van der Waals surface area (Å²) in [5, 5.41) is 12.9. The van der Waals surface area contributed by atoms with E-state index >= 15 is 0 Å². The van der Waals surface area contributed by atoms with Crippen LogP contribution in [0.2, 0.25) is 0 Å². The molecule has 0 spiro atoms. The molecule has 0 aliphatic rings. The molecule has 0 aliphatic heterocycles. The molecule has 5 heteroatoms.